The van der Waals surface area contributed by atoms with Crippen LogP contribution in [0.2, 0.25) is 5.02 Å². The van der Waals surface area contributed by atoms with Crippen LogP contribution in [0.25, 0.3) is 0 Å². The molecular formula is C23H18ClF3N4O3. The number of alkyl halides is 3. The second-order valence-electron chi connectivity index (χ2n) is 7.82. The van der Waals surface area contributed by atoms with Crippen LogP contribution in [0.5, 0.6) is 11.8 Å². The van der Waals surface area contributed by atoms with Crippen LogP contribution in [0.1, 0.15) is 29.5 Å². The van der Waals surface area contributed by atoms with Gasteiger partial charge in [-0.1, -0.05) is 23.7 Å². The number of Topliss-reactive ketones (excluding diaryl/α,β-unsaturated/α-hetero) is 1. The molecule has 0 atom stereocenters. The average molecular weight is 491 g/mol. The first-order chi connectivity index (χ1) is 16.2. The lowest BCUT2D eigenvalue weighted by atomic mass is 10.0. The van der Waals surface area contributed by atoms with E-state index in [1.165, 1.54) is 30.7 Å². The molecule has 1 aromatic carbocycles. The molecule has 7 nitrogen and oxygen atoms in total. The second-order valence-corrected chi connectivity index (χ2v) is 8.22. The predicted molar refractivity (Wildman–Crippen MR) is 117 cm³/mol. The molecule has 0 aliphatic heterocycles. The third-order valence-corrected chi connectivity index (χ3v) is 5.32. The number of nitrogens with zero attached hydrogens (tertiary/aromatic N) is 3. The van der Waals surface area contributed by atoms with E-state index >= 15 is 0 Å². The Hall–Kier alpha value is -3.53. The van der Waals surface area contributed by atoms with Crippen molar-refractivity contribution in [2.45, 2.75) is 31.9 Å². The van der Waals surface area contributed by atoms with Crippen molar-refractivity contribution in [3.8, 4) is 11.8 Å². The van der Waals surface area contributed by atoms with Crippen LogP contribution in [-0.4, -0.2) is 26.6 Å². The fourth-order valence-electron chi connectivity index (χ4n) is 3.14. The minimum atomic E-state index is -4.59. The van der Waals surface area contributed by atoms with Gasteiger partial charge < -0.3 is 10.1 Å². The number of anilines is 1. The summed E-state index contributed by atoms with van der Waals surface area (Å²) < 4.78 is 44.6. The van der Waals surface area contributed by atoms with Crippen molar-refractivity contribution in [2.24, 2.45) is 5.92 Å². The van der Waals surface area contributed by atoms with Crippen molar-refractivity contribution in [1.82, 2.24) is 15.0 Å². The molecule has 3 aromatic rings. The van der Waals surface area contributed by atoms with Crippen LogP contribution in [-0.2, 0) is 28.6 Å². The third-order valence-electron chi connectivity index (χ3n) is 4.99. The Morgan fingerprint density at radius 3 is 2.41 bits per heavy atom. The number of hydrogen-bond acceptors (Lipinski definition) is 6. The van der Waals surface area contributed by atoms with Crippen molar-refractivity contribution >= 4 is 29.1 Å². The SMILES string of the molecule is O=C(Cc1ccc(Oc2cc(NC(=O)C3CC3)ncn2)nc1)Cc1ccc(Cl)c(C(F)(F)F)c1. The van der Waals surface area contributed by atoms with E-state index in [2.05, 4.69) is 20.3 Å². The molecule has 1 aliphatic carbocycles. The Bertz CT molecular complexity index is 1210. The highest BCUT2D eigenvalue weighted by molar-refractivity contribution is 6.31. The average Bonchev–Trinajstić information content (AvgIpc) is 3.62. The molecule has 0 bridgehead atoms. The maximum absolute atomic E-state index is 13.0. The van der Waals surface area contributed by atoms with E-state index in [1.807, 2.05) is 0 Å². The largest absolute Gasteiger partial charge is 0.421 e. The summed E-state index contributed by atoms with van der Waals surface area (Å²) in [5.74, 6) is 0.368. The number of aromatic nitrogens is 3. The number of nitrogens with one attached hydrogen (secondary N) is 1. The molecule has 2 heterocycles. The van der Waals surface area contributed by atoms with Gasteiger partial charge in [0.2, 0.25) is 17.7 Å². The van der Waals surface area contributed by atoms with Crippen molar-refractivity contribution in [3.05, 3.63) is 70.6 Å². The van der Waals surface area contributed by atoms with Gasteiger partial charge in [0.1, 0.15) is 17.9 Å². The monoisotopic (exact) mass is 490 g/mol. The predicted octanol–water partition coefficient (Wildman–Crippen LogP) is 5.04. The van der Waals surface area contributed by atoms with Gasteiger partial charge in [-0.25, -0.2) is 15.0 Å². The summed E-state index contributed by atoms with van der Waals surface area (Å²) in [6.45, 7) is 0. The van der Waals surface area contributed by atoms with E-state index in [-0.39, 0.29) is 47.8 Å². The number of rotatable bonds is 8. The van der Waals surface area contributed by atoms with Gasteiger partial charge in [-0.05, 0) is 36.1 Å². The van der Waals surface area contributed by atoms with Crippen LogP contribution in [0.4, 0.5) is 19.0 Å². The molecule has 0 spiro atoms. The summed E-state index contributed by atoms with van der Waals surface area (Å²) in [6.07, 6.45) is -0.347. The van der Waals surface area contributed by atoms with Gasteiger partial charge in [-0.15, -0.1) is 0 Å². The number of ether oxygens (including phenoxy) is 1. The zero-order valence-corrected chi connectivity index (χ0v) is 18.4. The maximum atomic E-state index is 13.0. The molecule has 1 aliphatic rings. The fourth-order valence-corrected chi connectivity index (χ4v) is 3.36. The van der Waals surface area contributed by atoms with Gasteiger partial charge in [-0.3, -0.25) is 9.59 Å². The second kappa shape index (κ2) is 9.76. The standard InChI is InChI=1S/C23H18ClF3N4O3/c24-18-5-1-13(9-17(18)23(25,26)27)7-16(32)8-14-2-6-20(28-11-14)34-21-10-19(29-12-30-21)31-22(33)15-3-4-15/h1-2,5-6,9-12,15H,3-4,7-8H2,(H,29,30,31,33). The highest BCUT2D eigenvalue weighted by atomic mass is 35.5. The number of ketones is 1. The number of pyridine rings is 1. The van der Waals surface area contributed by atoms with Gasteiger partial charge in [0.15, 0.2) is 0 Å². The van der Waals surface area contributed by atoms with Crippen molar-refractivity contribution in [3.63, 3.8) is 0 Å². The number of hydrogen-bond donors (Lipinski definition) is 1. The Labute approximate surface area is 197 Å². The van der Waals surface area contributed by atoms with E-state index in [4.69, 9.17) is 16.3 Å². The molecule has 1 amide bonds. The van der Waals surface area contributed by atoms with Gasteiger partial charge in [-0.2, -0.15) is 13.2 Å². The normalized spacial score (nSPS) is 13.4. The first-order valence-electron chi connectivity index (χ1n) is 10.3. The zero-order valence-electron chi connectivity index (χ0n) is 17.6. The lowest BCUT2D eigenvalue weighted by molar-refractivity contribution is -0.137. The van der Waals surface area contributed by atoms with Gasteiger partial charge in [0.25, 0.3) is 0 Å². The first kappa shape index (κ1) is 23.6. The van der Waals surface area contributed by atoms with E-state index in [0.717, 1.165) is 25.0 Å². The van der Waals surface area contributed by atoms with Gasteiger partial charge in [0.05, 0.1) is 10.6 Å². The Morgan fingerprint density at radius 1 is 1.00 bits per heavy atom. The Kier molecular flexibility index (Phi) is 6.78. The maximum Gasteiger partial charge on any atom is 0.417 e. The molecule has 11 heteroatoms. The summed E-state index contributed by atoms with van der Waals surface area (Å²) in [4.78, 5) is 36.3. The highest BCUT2D eigenvalue weighted by Crippen LogP contribution is 2.35. The van der Waals surface area contributed by atoms with E-state index in [9.17, 15) is 22.8 Å². The molecule has 0 radical (unpaired) electrons. The smallest absolute Gasteiger partial charge is 0.417 e. The third kappa shape index (κ3) is 6.28. The lowest BCUT2D eigenvalue weighted by Gasteiger charge is -2.11. The van der Waals surface area contributed by atoms with Crippen molar-refractivity contribution in [1.29, 1.82) is 0 Å². The molecule has 1 saturated carbocycles. The highest BCUT2D eigenvalue weighted by Gasteiger charge is 2.33. The van der Waals surface area contributed by atoms with Crippen LogP contribution in [0.3, 0.4) is 0 Å². The minimum absolute atomic E-state index is 0.0118. The Balaban J connectivity index is 1.34. The topological polar surface area (TPSA) is 94.1 Å². The number of benzene rings is 1. The summed E-state index contributed by atoms with van der Waals surface area (Å²) in [5.41, 5.74) is -0.173. The fraction of sp³-hybridized carbons (Fsp3) is 0.261. The van der Waals surface area contributed by atoms with E-state index < -0.39 is 16.8 Å². The first-order valence-corrected chi connectivity index (χ1v) is 10.7. The molecule has 1 N–H and O–H groups in total. The Morgan fingerprint density at radius 2 is 1.74 bits per heavy atom. The minimum Gasteiger partial charge on any atom is -0.421 e. The molecule has 0 unspecified atom stereocenters. The molecule has 1 fully saturated rings. The van der Waals surface area contributed by atoms with E-state index in [0.29, 0.717) is 11.4 Å². The van der Waals surface area contributed by atoms with Crippen LogP contribution in [0, 0.1) is 5.92 Å². The summed E-state index contributed by atoms with van der Waals surface area (Å²) in [5, 5.41) is 2.29. The number of carbonyl (C=O) groups is 2. The van der Waals surface area contributed by atoms with Crippen LogP contribution >= 0.6 is 11.6 Å². The summed E-state index contributed by atoms with van der Waals surface area (Å²) >= 11 is 5.61. The van der Waals surface area contributed by atoms with Gasteiger partial charge in [0, 0.05) is 37.1 Å². The number of carbonyl (C=O) groups excluding carboxylic acids is 2. The van der Waals surface area contributed by atoms with Crippen LogP contribution < -0.4 is 10.1 Å². The molecular weight excluding hydrogens is 473 g/mol. The lowest BCUT2D eigenvalue weighted by Crippen LogP contribution is -2.14. The summed E-state index contributed by atoms with van der Waals surface area (Å²) in [6, 6.07) is 8.06. The van der Waals surface area contributed by atoms with Crippen molar-refractivity contribution < 1.29 is 27.5 Å². The quantitative estimate of drug-likeness (QED) is 0.475. The number of amides is 1. The van der Waals surface area contributed by atoms with Crippen molar-refractivity contribution in [2.75, 3.05) is 5.32 Å². The van der Waals surface area contributed by atoms with Crippen LogP contribution in [0.15, 0.2) is 48.9 Å². The van der Waals surface area contributed by atoms with Gasteiger partial charge >= 0.3 is 6.18 Å². The van der Waals surface area contributed by atoms with E-state index in [1.54, 1.807) is 6.07 Å². The molecule has 4 rings (SSSR count). The number of halogens is 4. The molecule has 34 heavy (non-hydrogen) atoms. The molecule has 176 valence electrons. The summed E-state index contributed by atoms with van der Waals surface area (Å²) in [7, 11) is 0. The molecule has 2 aromatic heterocycles. The molecule has 0 saturated heterocycles. The zero-order chi connectivity index (χ0) is 24.3.